The topological polar surface area (TPSA) is 50.2 Å². The third-order valence-electron chi connectivity index (χ3n) is 6.49. The number of carbonyl (C=O) groups is 1. The first-order valence-electron chi connectivity index (χ1n) is 11.1. The molecular weight excluding hydrogens is 360 g/mol. The average molecular weight is 391 g/mol. The van der Waals surface area contributed by atoms with Crippen LogP contribution >= 0.6 is 0 Å². The smallest absolute Gasteiger partial charge is 0.219 e. The molecule has 0 radical (unpaired) electrons. The van der Waals surface area contributed by atoms with E-state index in [0.29, 0.717) is 6.54 Å². The number of carbonyl (C=O) groups excluding carboxylic acids is 1. The Morgan fingerprint density at radius 2 is 2.14 bits per heavy atom. The van der Waals surface area contributed by atoms with Gasteiger partial charge in [0.15, 0.2) is 5.82 Å². The molecule has 29 heavy (non-hydrogen) atoms. The fourth-order valence-electron chi connectivity index (χ4n) is 4.59. The van der Waals surface area contributed by atoms with Crippen molar-refractivity contribution in [2.75, 3.05) is 11.9 Å². The number of rotatable bonds is 5. The minimum Gasteiger partial charge on any atom is -0.338 e. The van der Waals surface area contributed by atoms with Crippen LogP contribution in [0.5, 0.6) is 0 Å². The predicted octanol–water partition coefficient (Wildman–Crippen LogP) is 4.90. The van der Waals surface area contributed by atoms with E-state index in [9.17, 15) is 4.79 Å². The van der Waals surface area contributed by atoms with Crippen LogP contribution in [0.2, 0.25) is 0 Å². The van der Waals surface area contributed by atoms with Gasteiger partial charge in [-0.05, 0) is 67.7 Å². The molecule has 1 aromatic heterocycles. The number of aromatic nitrogens is 2. The number of hydrogen-bond donors (Lipinski definition) is 1. The first kappa shape index (κ1) is 18.5. The highest BCUT2D eigenvalue weighted by atomic mass is 16.2. The SMILES string of the molecule is CC(=O)N1CCc2c(c(Nc3cccc(C4=CCCCC4)c3)nn2CC2CC2)C1. The van der Waals surface area contributed by atoms with Crippen molar-refractivity contribution in [3.05, 3.63) is 47.2 Å². The summed E-state index contributed by atoms with van der Waals surface area (Å²) in [5, 5.41) is 8.54. The maximum atomic E-state index is 12.0. The van der Waals surface area contributed by atoms with Crippen molar-refractivity contribution < 1.29 is 4.79 Å². The lowest BCUT2D eigenvalue weighted by Gasteiger charge is -2.26. The van der Waals surface area contributed by atoms with Gasteiger partial charge in [-0.1, -0.05) is 18.2 Å². The van der Waals surface area contributed by atoms with E-state index in [1.165, 1.54) is 60.9 Å². The van der Waals surface area contributed by atoms with Gasteiger partial charge in [0.05, 0.1) is 6.54 Å². The van der Waals surface area contributed by atoms with Gasteiger partial charge in [-0.3, -0.25) is 9.48 Å². The molecule has 1 aromatic carbocycles. The molecule has 0 unspecified atom stereocenters. The molecule has 2 aromatic rings. The molecular formula is C24H30N4O. The van der Waals surface area contributed by atoms with Crippen molar-refractivity contribution in [2.24, 2.45) is 5.92 Å². The molecule has 0 atom stereocenters. The van der Waals surface area contributed by atoms with Gasteiger partial charge in [0.1, 0.15) is 0 Å². The number of fused-ring (bicyclic) bond motifs is 1. The largest absolute Gasteiger partial charge is 0.338 e. The fourth-order valence-corrected chi connectivity index (χ4v) is 4.59. The highest BCUT2D eigenvalue weighted by Crippen LogP contribution is 2.35. The Morgan fingerprint density at radius 1 is 1.24 bits per heavy atom. The van der Waals surface area contributed by atoms with Crippen molar-refractivity contribution >= 4 is 23.0 Å². The van der Waals surface area contributed by atoms with Crippen LogP contribution in [0.25, 0.3) is 5.57 Å². The van der Waals surface area contributed by atoms with Gasteiger partial charge in [-0.25, -0.2) is 0 Å². The minimum atomic E-state index is 0.141. The third kappa shape index (κ3) is 3.96. The predicted molar refractivity (Wildman–Crippen MR) is 116 cm³/mol. The van der Waals surface area contributed by atoms with Crippen molar-refractivity contribution in [3.8, 4) is 0 Å². The maximum Gasteiger partial charge on any atom is 0.219 e. The van der Waals surface area contributed by atoms with Gasteiger partial charge in [0.2, 0.25) is 5.91 Å². The summed E-state index contributed by atoms with van der Waals surface area (Å²) in [6.07, 6.45) is 10.8. The molecule has 2 aliphatic carbocycles. The average Bonchev–Trinajstić information content (AvgIpc) is 3.51. The second-order valence-electron chi connectivity index (χ2n) is 8.77. The number of amides is 1. The Balaban J connectivity index is 1.44. The zero-order valence-electron chi connectivity index (χ0n) is 17.3. The number of anilines is 2. The molecule has 1 fully saturated rings. The van der Waals surface area contributed by atoms with Crippen molar-refractivity contribution in [1.82, 2.24) is 14.7 Å². The highest BCUT2D eigenvalue weighted by molar-refractivity contribution is 5.75. The normalized spacial score (nSPS) is 18.9. The van der Waals surface area contributed by atoms with E-state index in [1.807, 2.05) is 4.90 Å². The molecule has 5 rings (SSSR count). The van der Waals surface area contributed by atoms with Crippen LogP contribution in [0.3, 0.4) is 0 Å². The summed E-state index contributed by atoms with van der Waals surface area (Å²) < 4.78 is 2.21. The van der Waals surface area contributed by atoms with E-state index in [2.05, 4.69) is 40.3 Å². The summed E-state index contributed by atoms with van der Waals surface area (Å²) in [6, 6.07) is 8.70. The van der Waals surface area contributed by atoms with E-state index in [4.69, 9.17) is 5.10 Å². The summed E-state index contributed by atoms with van der Waals surface area (Å²) in [5.41, 5.74) is 6.35. The molecule has 1 amide bonds. The zero-order chi connectivity index (χ0) is 19.8. The molecule has 1 N–H and O–H groups in total. The molecule has 0 spiro atoms. The molecule has 5 nitrogen and oxygen atoms in total. The lowest BCUT2D eigenvalue weighted by atomic mass is 9.93. The van der Waals surface area contributed by atoms with E-state index in [-0.39, 0.29) is 5.91 Å². The van der Waals surface area contributed by atoms with Crippen molar-refractivity contribution in [2.45, 2.75) is 65.0 Å². The number of benzene rings is 1. The lowest BCUT2D eigenvalue weighted by molar-refractivity contribution is -0.129. The molecule has 0 saturated heterocycles. The molecule has 152 valence electrons. The molecule has 0 bridgehead atoms. The maximum absolute atomic E-state index is 12.0. The molecule has 5 heteroatoms. The van der Waals surface area contributed by atoms with Gasteiger partial charge in [0, 0.05) is 43.4 Å². The van der Waals surface area contributed by atoms with Gasteiger partial charge >= 0.3 is 0 Å². The molecule has 2 heterocycles. The summed E-state index contributed by atoms with van der Waals surface area (Å²) in [6.45, 7) is 4.12. The Kier molecular flexibility index (Phi) is 4.90. The summed E-state index contributed by atoms with van der Waals surface area (Å²) in [4.78, 5) is 13.9. The minimum absolute atomic E-state index is 0.141. The fraction of sp³-hybridized carbons (Fsp3) is 0.500. The van der Waals surface area contributed by atoms with Gasteiger partial charge in [-0.2, -0.15) is 5.10 Å². The van der Waals surface area contributed by atoms with Gasteiger partial charge in [-0.15, -0.1) is 0 Å². The summed E-state index contributed by atoms with van der Waals surface area (Å²) in [7, 11) is 0. The lowest BCUT2D eigenvalue weighted by Crippen LogP contribution is -2.34. The molecule has 1 aliphatic heterocycles. The monoisotopic (exact) mass is 390 g/mol. The van der Waals surface area contributed by atoms with Gasteiger partial charge < -0.3 is 10.2 Å². The zero-order valence-corrected chi connectivity index (χ0v) is 17.3. The summed E-state index contributed by atoms with van der Waals surface area (Å²) >= 11 is 0. The van der Waals surface area contributed by atoms with E-state index in [0.717, 1.165) is 36.9 Å². The number of nitrogens with zero attached hydrogens (tertiary/aromatic N) is 3. The second-order valence-corrected chi connectivity index (χ2v) is 8.77. The summed E-state index contributed by atoms with van der Waals surface area (Å²) in [5.74, 6) is 1.84. The molecule has 1 saturated carbocycles. The Morgan fingerprint density at radius 3 is 2.90 bits per heavy atom. The van der Waals surface area contributed by atoms with Crippen LogP contribution in [-0.4, -0.2) is 27.1 Å². The van der Waals surface area contributed by atoms with Crippen molar-refractivity contribution in [1.29, 1.82) is 0 Å². The third-order valence-corrected chi connectivity index (χ3v) is 6.49. The van der Waals surface area contributed by atoms with Gasteiger partial charge in [0.25, 0.3) is 0 Å². The quantitative estimate of drug-likeness (QED) is 0.790. The van der Waals surface area contributed by atoms with Crippen LogP contribution in [0.15, 0.2) is 30.3 Å². The van der Waals surface area contributed by atoms with Crippen LogP contribution in [0, 0.1) is 5.92 Å². The van der Waals surface area contributed by atoms with Crippen LogP contribution in [0.4, 0.5) is 11.5 Å². The van der Waals surface area contributed by atoms with Crippen LogP contribution < -0.4 is 5.32 Å². The van der Waals surface area contributed by atoms with E-state index >= 15 is 0 Å². The number of nitrogens with one attached hydrogen (secondary N) is 1. The first-order valence-corrected chi connectivity index (χ1v) is 11.1. The highest BCUT2D eigenvalue weighted by Gasteiger charge is 2.29. The second kappa shape index (κ2) is 7.69. The molecule has 3 aliphatic rings. The number of allylic oxidation sites excluding steroid dienone is 2. The van der Waals surface area contributed by atoms with E-state index in [1.54, 1.807) is 6.92 Å². The van der Waals surface area contributed by atoms with E-state index < -0.39 is 0 Å². The Hall–Kier alpha value is -2.56. The van der Waals surface area contributed by atoms with Crippen LogP contribution in [0.1, 0.15) is 62.3 Å². The standard InChI is InChI=1S/C24H30N4O/c1-17(29)27-13-12-23-22(16-27)24(26-28(23)15-18-10-11-18)25-21-9-5-8-20(14-21)19-6-3-2-4-7-19/h5-6,8-9,14,18H,2-4,7,10-13,15-16H2,1H3,(H,25,26). The first-order chi connectivity index (χ1) is 14.2. The Labute approximate surface area is 172 Å². The Bertz CT molecular complexity index is 954. The van der Waals surface area contributed by atoms with Crippen LogP contribution in [-0.2, 0) is 24.3 Å². The number of hydrogen-bond acceptors (Lipinski definition) is 3. The van der Waals surface area contributed by atoms with Crippen molar-refractivity contribution in [3.63, 3.8) is 0 Å².